The number of methoxy groups -OCH3 is 1. The summed E-state index contributed by atoms with van der Waals surface area (Å²) in [5.74, 6) is 1.52. The van der Waals surface area contributed by atoms with E-state index in [9.17, 15) is 9.59 Å². The van der Waals surface area contributed by atoms with Crippen molar-refractivity contribution < 1.29 is 23.8 Å². The highest BCUT2D eigenvalue weighted by molar-refractivity contribution is 6.31. The van der Waals surface area contributed by atoms with Gasteiger partial charge in [0.15, 0.2) is 11.5 Å². The van der Waals surface area contributed by atoms with Gasteiger partial charge in [0.25, 0.3) is 5.91 Å². The fourth-order valence-corrected chi connectivity index (χ4v) is 4.03. The number of ether oxygens (including phenoxy) is 3. The lowest BCUT2D eigenvalue weighted by Crippen LogP contribution is -2.57. The lowest BCUT2D eigenvalue weighted by molar-refractivity contribution is -0.143. The Morgan fingerprint density at radius 1 is 1.12 bits per heavy atom. The van der Waals surface area contributed by atoms with E-state index in [1.54, 1.807) is 29.2 Å². The fraction of sp³-hybridized carbons (Fsp3) is 0.391. The maximum atomic E-state index is 12.9. The number of fused-ring (bicyclic) bond motifs is 1. The third-order valence-electron chi connectivity index (χ3n) is 5.76. The summed E-state index contributed by atoms with van der Waals surface area (Å²) in [7, 11) is 1.54. The summed E-state index contributed by atoms with van der Waals surface area (Å²) in [5.41, 5.74) is 0.528. The average Bonchev–Trinajstić information content (AvgIpc) is 2.83. The summed E-state index contributed by atoms with van der Waals surface area (Å²) in [6.07, 6.45) is -0.660. The number of piperazine rings is 1. The largest absolute Gasteiger partial charge is 0.495 e. The SMILES string of the molecule is COc1ccc(Cl)cc1NC(=O)[C@@H](C)N1CCN(C(=O)[C@@H]2COc3ccccc3O2)CC1. The standard InChI is InChI=1S/C23H26ClN3O5/c1-15(22(28)25-17-13-16(24)7-8-18(17)30-2)26-9-11-27(12-10-26)23(29)21-14-31-19-5-3-4-6-20(19)32-21/h3-8,13,15,21H,9-12,14H2,1-2H3,(H,25,28)/t15-,21+/m1/s1. The van der Waals surface area contributed by atoms with Gasteiger partial charge in [-0.05, 0) is 37.3 Å². The number of nitrogens with zero attached hydrogens (tertiary/aromatic N) is 2. The molecule has 0 spiro atoms. The highest BCUT2D eigenvalue weighted by Gasteiger charge is 2.34. The Hall–Kier alpha value is -2.97. The van der Waals surface area contributed by atoms with Crippen LogP contribution in [0.1, 0.15) is 6.92 Å². The predicted octanol–water partition coefficient (Wildman–Crippen LogP) is 2.66. The Kier molecular flexibility index (Phi) is 6.72. The molecule has 0 unspecified atom stereocenters. The normalized spacial score (nSPS) is 19.2. The van der Waals surface area contributed by atoms with Crippen molar-refractivity contribution >= 4 is 29.1 Å². The van der Waals surface area contributed by atoms with Crippen molar-refractivity contribution in [3.8, 4) is 17.2 Å². The quantitative estimate of drug-likeness (QED) is 0.740. The lowest BCUT2D eigenvalue weighted by atomic mass is 10.2. The number of hydrogen-bond donors (Lipinski definition) is 1. The minimum Gasteiger partial charge on any atom is -0.495 e. The lowest BCUT2D eigenvalue weighted by Gasteiger charge is -2.39. The van der Waals surface area contributed by atoms with Gasteiger partial charge in [0.1, 0.15) is 12.4 Å². The third kappa shape index (κ3) is 4.76. The smallest absolute Gasteiger partial charge is 0.267 e. The third-order valence-corrected chi connectivity index (χ3v) is 5.99. The van der Waals surface area contributed by atoms with Crippen molar-refractivity contribution in [2.45, 2.75) is 19.1 Å². The second-order valence-electron chi connectivity index (χ2n) is 7.74. The van der Waals surface area contributed by atoms with E-state index in [4.69, 9.17) is 25.8 Å². The van der Waals surface area contributed by atoms with Gasteiger partial charge in [0, 0.05) is 31.2 Å². The first-order valence-electron chi connectivity index (χ1n) is 10.5. The number of hydrogen-bond acceptors (Lipinski definition) is 6. The monoisotopic (exact) mass is 459 g/mol. The van der Waals surface area contributed by atoms with Gasteiger partial charge in [0.2, 0.25) is 12.0 Å². The minimum absolute atomic E-state index is 0.0973. The van der Waals surface area contributed by atoms with Crippen LogP contribution in [0.25, 0.3) is 0 Å². The summed E-state index contributed by atoms with van der Waals surface area (Å²) < 4.78 is 16.8. The Morgan fingerprint density at radius 2 is 1.84 bits per heavy atom. The molecule has 2 aromatic rings. The molecule has 2 atom stereocenters. The molecule has 0 bridgehead atoms. The van der Waals surface area contributed by atoms with Crippen molar-refractivity contribution in [3.63, 3.8) is 0 Å². The van der Waals surface area contributed by atoms with E-state index in [0.29, 0.717) is 54.1 Å². The van der Waals surface area contributed by atoms with Gasteiger partial charge >= 0.3 is 0 Å². The fourth-order valence-electron chi connectivity index (χ4n) is 3.86. The number of carbonyl (C=O) groups excluding carboxylic acids is 2. The predicted molar refractivity (Wildman–Crippen MR) is 121 cm³/mol. The van der Waals surface area contributed by atoms with Gasteiger partial charge in [-0.1, -0.05) is 23.7 Å². The zero-order chi connectivity index (χ0) is 22.7. The summed E-state index contributed by atoms with van der Waals surface area (Å²) in [6.45, 7) is 4.22. The topological polar surface area (TPSA) is 80.3 Å². The molecule has 2 aliphatic rings. The highest BCUT2D eigenvalue weighted by atomic mass is 35.5. The van der Waals surface area contributed by atoms with E-state index in [0.717, 1.165) is 0 Å². The van der Waals surface area contributed by atoms with Crippen LogP contribution in [0.5, 0.6) is 17.2 Å². The number of halogens is 1. The van der Waals surface area contributed by atoms with Gasteiger partial charge in [-0.25, -0.2) is 0 Å². The molecule has 8 nitrogen and oxygen atoms in total. The Morgan fingerprint density at radius 3 is 2.56 bits per heavy atom. The molecule has 0 saturated carbocycles. The Labute approximate surface area is 192 Å². The summed E-state index contributed by atoms with van der Waals surface area (Å²) in [4.78, 5) is 29.5. The first kappa shape index (κ1) is 22.2. The van der Waals surface area contributed by atoms with Crippen molar-refractivity contribution in [1.82, 2.24) is 9.80 Å². The van der Waals surface area contributed by atoms with Crippen LogP contribution in [-0.4, -0.2) is 73.7 Å². The average molecular weight is 460 g/mol. The van der Waals surface area contributed by atoms with E-state index >= 15 is 0 Å². The molecule has 0 aliphatic carbocycles. The molecule has 2 amide bonds. The molecule has 9 heteroatoms. The summed E-state index contributed by atoms with van der Waals surface area (Å²) in [5, 5.41) is 3.40. The van der Waals surface area contributed by atoms with Crippen LogP contribution in [0.2, 0.25) is 5.02 Å². The zero-order valence-electron chi connectivity index (χ0n) is 18.0. The molecule has 2 heterocycles. The Bertz CT molecular complexity index is 993. The maximum Gasteiger partial charge on any atom is 0.267 e. The van der Waals surface area contributed by atoms with Crippen LogP contribution >= 0.6 is 11.6 Å². The van der Waals surface area contributed by atoms with Crippen LogP contribution in [0.3, 0.4) is 0 Å². The molecule has 170 valence electrons. The molecular weight excluding hydrogens is 434 g/mol. The summed E-state index contributed by atoms with van der Waals surface area (Å²) >= 11 is 6.05. The minimum atomic E-state index is -0.660. The van der Waals surface area contributed by atoms with Crippen LogP contribution in [0.15, 0.2) is 42.5 Å². The molecule has 2 aliphatic heterocycles. The van der Waals surface area contributed by atoms with Crippen LogP contribution in [0, 0.1) is 0 Å². The molecule has 1 N–H and O–H groups in total. The number of rotatable bonds is 5. The zero-order valence-corrected chi connectivity index (χ0v) is 18.8. The molecule has 32 heavy (non-hydrogen) atoms. The van der Waals surface area contributed by atoms with Gasteiger partial charge in [0.05, 0.1) is 18.8 Å². The van der Waals surface area contributed by atoms with Gasteiger partial charge in [-0.3, -0.25) is 14.5 Å². The van der Waals surface area contributed by atoms with Crippen molar-refractivity contribution in [2.24, 2.45) is 0 Å². The number of nitrogens with one attached hydrogen (secondary N) is 1. The van der Waals surface area contributed by atoms with Crippen LogP contribution in [0.4, 0.5) is 5.69 Å². The number of anilines is 1. The van der Waals surface area contributed by atoms with E-state index in [1.165, 1.54) is 7.11 Å². The Balaban J connectivity index is 1.31. The number of para-hydroxylation sites is 2. The van der Waals surface area contributed by atoms with Crippen molar-refractivity contribution in [1.29, 1.82) is 0 Å². The highest BCUT2D eigenvalue weighted by Crippen LogP contribution is 2.31. The number of amides is 2. The van der Waals surface area contributed by atoms with E-state index in [1.807, 2.05) is 30.0 Å². The maximum absolute atomic E-state index is 12.9. The molecular formula is C23H26ClN3O5. The van der Waals surface area contributed by atoms with Gasteiger partial charge in [-0.2, -0.15) is 0 Å². The van der Waals surface area contributed by atoms with E-state index in [2.05, 4.69) is 5.32 Å². The second-order valence-corrected chi connectivity index (χ2v) is 8.17. The summed E-state index contributed by atoms with van der Waals surface area (Å²) in [6, 6.07) is 12.0. The van der Waals surface area contributed by atoms with Gasteiger partial charge < -0.3 is 24.4 Å². The molecule has 4 rings (SSSR count). The number of benzene rings is 2. The first-order chi connectivity index (χ1) is 15.5. The second kappa shape index (κ2) is 9.67. The molecule has 0 radical (unpaired) electrons. The molecule has 2 aromatic carbocycles. The van der Waals surface area contributed by atoms with Gasteiger partial charge in [-0.15, -0.1) is 0 Å². The van der Waals surface area contributed by atoms with Crippen molar-refractivity contribution in [3.05, 3.63) is 47.5 Å². The van der Waals surface area contributed by atoms with E-state index in [-0.39, 0.29) is 24.5 Å². The van der Waals surface area contributed by atoms with Crippen LogP contribution in [-0.2, 0) is 9.59 Å². The molecule has 1 fully saturated rings. The first-order valence-corrected chi connectivity index (χ1v) is 10.9. The molecule has 1 saturated heterocycles. The molecule has 0 aromatic heterocycles. The van der Waals surface area contributed by atoms with Crippen molar-refractivity contribution in [2.75, 3.05) is 45.2 Å². The van der Waals surface area contributed by atoms with Crippen LogP contribution < -0.4 is 19.5 Å². The number of carbonyl (C=O) groups is 2. The van der Waals surface area contributed by atoms with E-state index < -0.39 is 6.10 Å².